The molecule has 1 fully saturated rings. The monoisotopic (exact) mass is 486 g/mol. The van der Waals surface area contributed by atoms with Crippen LogP contribution in [0.2, 0.25) is 0 Å². The number of aliphatic carboxylic acids is 1. The fourth-order valence-electron chi connectivity index (χ4n) is 4.82. The van der Waals surface area contributed by atoms with Crippen LogP contribution in [-0.4, -0.2) is 48.7 Å². The second kappa shape index (κ2) is 10.8. The smallest absolute Gasteiger partial charge is 0.407 e. The Morgan fingerprint density at radius 1 is 1.00 bits per heavy atom. The van der Waals surface area contributed by atoms with Crippen LogP contribution < -0.4 is 10.6 Å². The molecular weight excluding hydrogens is 458 g/mol. The molecule has 0 bridgehead atoms. The quantitative estimate of drug-likeness (QED) is 0.468. The lowest BCUT2D eigenvalue weighted by atomic mass is 9.76. The molecule has 2 aliphatic carbocycles. The van der Waals surface area contributed by atoms with E-state index in [2.05, 4.69) is 10.6 Å². The zero-order chi connectivity index (χ0) is 24.9. The summed E-state index contributed by atoms with van der Waals surface area (Å²) in [6, 6.07) is 14.0. The van der Waals surface area contributed by atoms with Crippen LogP contribution in [-0.2, 0) is 14.3 Å². The molecule has 2 atom stereocenters. The predicted octanol–water partition coefficient (Wildman–Crippen LogP) is 4.17. The van der Waals surface area contributed by atoms with Gasteiger partial charge in [0.25, 0.3) is 0 Å². The molecule has 2 aromatic carbocycles. The van der Waals surface area contributed by atoms with Crippen molar-refractivity contribution in [2.24, 2.45) is 11.8 Å². The standard InChI is InChI=1S/C26H28F2N2O5/c27-23(28)12-22(24(31)29-13-20(25(32)33)15-6-5-7-15)30-26(34)35-14-21-18-10-3-1-8-16(18)17-9-2-4-11-19(17)21/h1-4,8-11,15,20-23H,5-7,12-14H2,(H,29,31)(H,30,34)(H,32,33). The highest BCUT2D eigenvalue weighted by Gasteiger charge is 2.34. The van der Waals surface area contributed by atoms with Gasteiger partial charge in [-0.2, -0.15) is 0 Å². The molecule has 186 valence electrons. The number of hydrogen-bond acceptors (Lipinski definition) is 4. The number of nitrogens with one attached hydrogen (secondary N) is 2. The summed E-state index contributed by atoms with van der Waals surface area (Å²) in [7, 11) is 0. The summed E-state index contributed by atoms with van der Waals surface area (Å²) >= 11 is 0. The number of amides is 2. The van der Waals surface area contributed by atoms with Gasteiger partial charge in [-0.25, -0.2) is 13.6 Å². The van der Waals surface area contributed by atoms with Crippen LogP contribution in [0.3, 0.4) is 0 Å². The highest BCUT2D eigenvalue weighted by molar-refractivity contribution is 5.86. The molecule has 1 saturated carbocycles. The van der Waals surface area contributed by atoms with E-state index in [-0.39, 0.29) is 25.0 Å². The highest BCUT2D eigenvalue weighted by Crippen LogP contribution is 2.44. The Labute approximate surface area is 201 Å². The van der Waals surface area contributed by atoms with Gasteiger partial charge in [0.1, 0.15) is 12.6 Å². The highest BCUT2D eigenvalue weighted by atomic mass is 19.3. The third kappa shape index (κ3) is 5.61. The lowest BCUT2D eigenvalue weighted by Gasteiger charge is -2.31. The Kier molecular flexibility index (Phi) is 7.63. The van der Waals surface area contributed by atoms with E-state index in [1.165, 1.54) is 0 Å². The Morgan fingerprint density at radius 2 is 1.60 bits per heavy atom. The number of carboxylic acid groups (broad SMARTS) is 1. The van der Waals surface area contributed by atoms with Gasteiger partial charge in [0.05, 0.1) is 5.92 Å². The molecule has 3 N–H and O–H groups in total. The molecule has 0 aromatic heterocycles. The third-order valence-corrected chi connectivity index (χ3v) is 6.90. The molecule has 9 heteroatoms. The lowest BCUT2D eigenvalue weighted by molar-refractivity contribution is -0.145. The molecule has 0 spiro atoms. The number of hydrogen-bond donors (Lipinski definition) is 3. The molecule has 2 unspecified atom stereocenters. The number of fused-ring (bicyclic) bond motifs is 3. The molecule has 2 aromatic rings. The summed E-state index contributed by atoms with van der Waals surface area (Å²) < 4.78 is 31.6. The molecule has 4 rings (SSSR count). The summed E-state index contributed by atoms with van der Waals surface area (Å²) in [6.45, 7) is -0.198. The Balaban J connectivity index is 1.36. The van der Waals surface area contributed by atoms with E-state index in [1.807, 2.05) is 48.5 Å². The number of rotatable bonds is 10. The summed E-state index contributed by atoms with van der Waals surface area (Å²) in [4.78, 5) is 36.5. The van der Waals surface area contributed by atoms with Gasteiger partial charge in [-0.1, -0.05) is 55.0 Å². The first-order valence-corrected chi connectivity index (χ1v) is 11.7. The molecule has 0 saturated heterocycles. The third-order valence-electron chi connectivity index (χ3n) is 6.90. The van der Waals surface area contributed by atoms with Crippen LogP contribution in [0.1, 0.15) is 42.7 Å². The minimum absolute atomic E-state index is 0.0222. The second-order valence-electron chi connectivity index (χ2n) is 9.03. The molecule has 0 heterocycles. The molecule has 2 amide bonds. The number of carboxylic acids is 1. The number of halogens is 2. The first kappa shape index (κ1) is 24.6. The average Bonchev–Trinajstić information content (AvgIpc) is 3.11. The van der Waals surface area contributed by atoms with E-state index in [0.29, 0.717) is 0 Å². The van der Waals surface area contributed by atoms with Gasteiger partial charge in [0.2, 0.25) is 12.3 Å². The maximum Gasteiger partial charge on any atom is 0.407 e. The number of ether oxygens (including phenoxy) is 1. The molecule has 2 aliphatic rings. The summed E-state index contributed by atoms with van der Waals surface area (Å²) in [5, 5.41) is 14.1. The topological polar surface area (TPSA) is 105 Å². The minimum Gasteiger partial charge on any atom is -0.481 e. The van der Waals surface area contributed by atoms with E-state index in [9.17, 15) is 28.3 Å². The summed E-state index contributed by atoms with van der Waals surface area (Å²) in [6.07, 6.45) is -2.30. The minimum atomic E-state index is -2.85. The normalized spacial score (nSPS) is 16.5. The van der Waals surface area contributed by atoms with Crippen LogP contribution in [0.5, 0.6) is 0 Å². The van der Waals surface area contributed by atoms with Crippen LogP contribution in [0, 0.1) is 11.8 Å². The second-order valence-corrected chi connectivity index (χ2v) is 9.03. The van der Waals surface area contributed by atoms with Crippen molar-refractivity contribution < 1.29 is 33.0 Å². The van der Waals surface area contributed by atoms with E-state index >= 15 is 0 Å². The lowest BCUT2D eigenvalue weighted by Crippen LogP contribution is -2.50. The van der Waals surface area contributed by atoms with Crippen molar-refractivity contribution in [1.29, 1.82) is 0 Å². The van der Waals surface area contributed by atoms with Crippen molar-refractivity contribution in [2.75, 3.05) is 13.2 Å². The molecule has 0 aliphatic heterocycles. The van der Waals surface area contributed by atoms with Crippen molar-refractivity contribution in [3.63, 3.8) is 0 Å². The van der Waals surface area contributed by atoms with Gasteiger partial charge in [-0.3, -0.25) is 9.59 Å². The van der Waals surface area contributed by atoms with Crippen molar-refractivity contribution >= 4 is 18.0 Å². The first-order valence-electron chi connectivity index (χ1n) is 11.7. The Bertz CT molecular complexity index is 1040. The molecule has 7 nitrogen and oxygen atoms in total. The van der Waals surface area contributed by atoms with Gasteiger partial charge in [0.15, 0.2) is 0 Å². The van der Waals surface area contributed by atoms with Crippen molar-refractivity contribution in [1.82, 2.24) is 10.6 Å². The maximum absolute atomic E-state index is 13.1. The van der Waals surface area contributed by atoms with Gasteiger partial charge in [-0.15, -0.1) is 0 Å². The van der Waals surface area contributed by atoms with Gasteiger partial charge in [0, 0.05) is 18.9 Å². The molecular formula is C26H28F2N2O5. The zero-order valence-corrected chi connectivity index (χ0v) is 19.1. The molecule has 35 heavy (non-hydrogen) atoms. The predicted molar refractivity (Wildman–Crippen MR) is 124 cm³/mol. The van der Waals surface area contributed by atoms with Gasteiger partial charge < -0.3 is 20.5 Å². The first-order chi connectivity index (χ1) is 16.8. The molecule has 0 radical (unpaired) electrons. The number of alkyl carbamates (subject to hydrolysis) is 1. The zero-order valence-electron chi connectivity index (χ0n) is 19.1. The van der Waals surface area contributed by atoms with Crippen molar-refractivity contribution in [3.8, 4) is 11.1 Å². The number of carbonyl (C=O) groups is 3. The van der Waals surface area contributed by atoms with E-state index in [4.69, 9.17) is 4.74 Å². The summed E-state index contributed by atoms with van der Waals surface area (Å²) in [5.41, 5.74) is 4.09. The van der Waals surface area contributed by atoms with E-state index in [1.54, 1.807) is 0 Å². The Hall–Kier alpha value is -3.49. The fraction of sp³-hybridized carbons (Fsp3) is 0.423. The maximum atomic E-state index is 13.1. The largest absolute Gasteiger partial charge is 0.481 e. The van der Waals surface area contributed by atoms with Crippen LogP contribution in [0.4, 0.5) is 13.6 Å². The summed E-state index contributed by atoms with van der Waals surface area (Å²) in [5.74, 6) is -2.94. The number of carbonyl (C=O) groups excluding carboxylic acids is 2. The van der Waals surface area contributed by atoms with Crippen LogP contribution >= 0.6 is 0 Å². The van der Waals surface area contributed by atoms with Crippen molar-refractivity contribution in [2.45, 2.75) is 44.1 Å². The van der Waals surface area contributed by atoms with E-state index in [0.717, 1.165) is 41.5 Å². The average molecular weight is 487 g/mol. The Morgan fingerprint density at radius 3 is 2.11 bits per heavy atom. The van der Waals surface area contributed by atoms with Gasteiger partial charge in [-0.05, 0) is 41.0 Å². The van der Waals surface area contributed by atoms with Crippen molar-refractivity contribution in [3.05, 3.63) is 59.7 Å². The fourth-order valence-corrected chi connectivity index (χ4v) is 4.82. The van der Waals surface area contributed by atoms with Crippen LogP contribution in [0.15, 0.2) is 48.5 Å². The van der Waals surface area contributed by atoms with Gasteiger partial charge >= 0.3 is 12.1 Å². The van der Waals surface area contributed by atoms with E-state index < -0.39 is 42.8 Å². The number of alkyl halides is 2. The number of benzene rings is 2. The SMILES string of the molecule is O=C(NC(CC(F)F)C(=O)NCC(C(=O)O)C1CCC1)OCC1c2ccccc2-c2ccccc21. The van der Waals surface area contributed by atoms with Crippen LogP contribution in [0.25, 0.3) is 11.1 Å².